The number of fused-ring (bicyclic) bond motifs is 1. The van der Waals surface area contributed by atoms with E-state index in [0.29, 0.717) is 5.41 Å². The molecule has 2 aliphatic heterocycles. The zero-order chi connectivity index (χ0) is 13.5. The van der Waals surface area contributed by atoms with Gasteiger partial charge >= 0.3 is 130 Å². The van der Waals surface area contributed by atoms with Crippen molar-refractivity contribution in [3.05, 3.63) is 41.6 Å². The van der Waals surface area contributed by atoms with Crippen LogP contribution in [0.15, 0.2) is 41.6 Å². The molecule has 0 saturated carbocycles. The number of hydrogen-bond acceptors (Lipinski definition) is 0. The van der Waals surface area contributed by atoms with Crippen LogP contribution in [-0.4, -0.2) is 36.0 Å². The summed E-state index contributed by atoms with van der Waals surface area (Å²) in [6.07, 6.45) is 3.61. The molecule has 0 radical (unpaired) electrons. The van der Waals surface area contributed by atoms with Crippen molar-refractivity contribution in [2.24, 2.45) is 5.41 Å². The van der Waals surface area contributed by atoms with E-state index in [1.165, 1.54) is 34.4 Å². The van der Waals surface area contributed by atoms with E-state index in [4.69, 9.17) is 0 Å². The van der Waals surface area contributed by atoms with Crippen LogP contribution in [0.25, 0.3) is 0 Å². The van der Waals surface area contributed by atoms with Crippen molar-refractivity contribution in [3.8, 4) is 0 Å². The summed E-state index contributed by atoms with van der Waals surface area (Å²) in [6, 6.07) is 0. The summed E-state index contributed by atoms with van der Waals surface area (Å²) in [4.78, 5) is 0. The van der Waals surface area contributed by atoms with E-state index in [1.54, 1.807) is 22.3 Å². The van der Waals surface area contributed by atoms with Crippen LogP contribution >= 0.6 is 0 Å². The van der Waals surface area contributed by atoms with Crippen LogP contribution in [0.1, 0.15) is 34.1 Å². The molecule has 4 aliphatic rings. The summed E-state index contributed by atoms with van der Waals surface area (Å²) in [5.41, 5.74) is 6.81. The fourth-order valence-electron chi connectivity index (χ4n) is 5.19. The Balaban J connectivity index is 2.18. The molecule has 0 aromatic carbocycles. The average Bonchev–Trinajstić information content (AvgIpc) is 2.71. The zero-order valence-electron chi connectivity index (χ0n) is 12.8. The third-order valence-corrected chi connectivity index (χ3v) is 11.7. The molecule has 0 aromatic heterocycles. The van der Waals surface area contributed by atoms with Gasteiger partial charge in [-0.3, -0.25) is 0 Å². The first-order valence-electron chi connectivity index (χ1n) is 7.03. The topological polar surface area (TPSA) is 0 Å². The first-order valence-corrected chi connectivity index (χ1v) is 11.0. The molecule has 1 unspecified atom stereocenters. The van der Waals surface area contributed by atoms with Crippen molar-refractivity contribution >= 4 is 36.0 Å². The molecule has 0 saturated heterocycles. The van der Waals surface area contributed by atoms with Crippen molar-refractivity contribution in [2.45, 2.75) is 47.2 Å². The van der Waals surface area contributed by atoms with E-state index in [9.17, 15) is 0 Å². The van der Waals surface area contributed by atoms with Gasteiger partial charge in [-0.25, -0.2) is 0 Å². The van der Waals surface area contributed by atoms with Gasteiger partial charge in [0.05, 0.1) is 0 Å². The van der Waals surface area contributed by atoms with E-state index in [1.807, 2.05) is 13.2 Å². The molecule has 4 rings (SSSR count). The summed E-state index contributed by atoms with van der Waals surface area (Å²) in [5, 5.41) is 3.68. The Morgan fingerprint density at radius 2 is 1.83 bits per heavy atom. The first-order chi connectivity index (χ1) is 8.22. The third-order valence-electron chi connectivity index (χ3n) is 5.62. The molecule has 0 amide bonds. The number of rotatable bonds is 1. The van der Waals surface area contributed by atoms with E-state index >= 15 is 0 Å². The van der Waals surface area contributed by atoms with Crippen LogP contribution in [0, 0.1) is 5.41 Å². The fraction of sp³-hybridized carbons (Fsp3) is 0.500. The van der Waals surface area contributed by atoms with Gasteiger partial charge < -0.3 is 0 Å². The summed E-state index contributed by atoms with van der Waals surface area (Å²) in [5.74, 6) is 0. The minimum absolute atomic E-state index is 0.333. The Morgan fingerprint density at radius 3 is 2.17 bits per heavy atom. The van der Waals surface area contributed by atoms with Crippen LogP contribution in [0.3, 0.4) is 0 Å². The zero-order valence-corrected chi connectivity index (χ0v) is 15.8. The Hall–Kier alpha value is 0.177. The second-order valence-electron chi connectivity index (χ2n) is 7.08. The molecular weight excluding hydrogens is 243 g/mol. The molecule has 0 N–H and O–H groups in total. The van der Waals surface area contributed by atoms with Gasteiger partial charge in [0.1, 0.15) is 0 Å². The summed E-state index contributed by atoms with van der Waals surface area (Å²) >= 11 is 1.23. The predicted molar refractivity (Wildman–Crippen MR) is 82.1 cm³/mol. The molecule has 2 heterocycles. The van der Waals surface area contributed by atoms with Crippen LogP contribution in [0.4, 0.5) is 0 Å². The quantitative estimate of drug-likeness (QED) is 0.622. The van der Waals surface area contributed by atoms with Gasteiger partial charge in [-0.05, 0) is 0 Å². The average molecular weight is 264 g/mol. The molecule has 0 spiro atoms. The molecule has 1 atom stereocenters. The molecular formula is C16H21NaSi. The Labute approximate surface area is 129 Å². The van der Waals surface area contributed by atoms with Crippen molar-refractivity contribution in [1.82, 2.24) is 0 Å². The second-order valence-corrected chi connectivity index (χ2v) is 12.3. The fourth-order valence-corrected chi connectivity index (χ4v) is 13.2. The molecule has 18 heavy (non-hydrogen) atoms. The third kappa shape index (κ3) is 1.27. The Bertz CT molecular complexity index is 599. The SMILES string of the molecule is CC1=CC(C)=C(C2(C)[C]([Na])=C3C(C)=C2[Si]3(C)C)C1. The van der Waals surface area contributed by atoms with Crippen molar-refractivity contribution in [3.63, 3.8) is 0 Å². The molecule has 0 nitrogen and oxygen atoms in total. The minimum atomic E-state index is -1.19. The number of hydrogen-bond donors (Lipinski definition) is 0. The monoisotopic (exact) mass is 264 g/mol. The van der Waals surface area contributed by atoms with Crippen molar-refractivity contribution < 1.29 is 0 Å². The molecule has 0 aromatic rings. The van der Waals surface area contributed by atoms with Crippen LogP contribution in [-0.2, 0) is 0 Å². The maximum absolute atomic E-state index is 2.55. The van der Waals surface area contributed by atoms with Crippen LogP contribution in [0.5, 0.6) is 0 Å². The van der Waals surface area contributed by atoms with Gasteiger partial charge in [0.15, 0.2) is 0 Å². The normalized spacial score (nSPS) is 33.4. The van der Waals surface area contributed by atoms with Crippen molar-refractivity contribution in [1.29, 1.82) is 0 Å². The molecule has 2 aliphatic carbocycles. The van der Waals surface area contributed by atoms with Crippen LogP contribution < -0.4 is 0 Å². The van der Waals surface area contributed by atoms with Gasteiger partial charge in [0, 0.05) is 0 Å². The van der Waals surface area contributed by atoms with E-state index in [0.717, 1.165) is 0 Å². The van der Waals surface area contributed by atoms with Gasteiger partial charge in [-0.2, -0.15) is 0 Å². The van der Waals surface area contributed by atoms with Gasteiger partial charge in [-0.15, -0.1) is 0 Å². The second kappa shape index (κ2) is 3.63. The number of allylic oxidation sites excluding steroid dienone is 8. The van der Waals surface area contributed by atoms with E-state index < -0.39 is 8.07 Å². The summed E-state index contributed by atoms with van der Waals surface area (Å²) < 4.78 is 1.81. The van der Waals surface area contributed by atoms with E-state index in [-0.39, 0.29) is 0 Å². The van der Waals surface area contributed by atoms with E-state index in [2.05, 4.69) is 46.9 Å². The molecule has 0 fully saturated rings. The van der Waals surface area contributed by atoms with Crippen LogP contribution in [0.2, 0.25) is 13.1 Å². The Kier molecular flexibility index (Phi) is 2.66. The predicted octanol–water partition coefficient (Wildman–Crippen LogP) is 4.21. The van der Waals surface area contributed by atoms with Gasteiger partial charge in [-0.1, -0.05) is 0 Å². The maximum atomic E-state index is 2.55. The summed E-state index contributed by atoms with van der Waals surface area (Å²) in [7, 11) is -1.19. The molecule has 2 bridgehead atoms. The first kappa shape index (κ1) is 13.2. The Morgan fingerprint density at radius 1 is 1.22 bits per heavy atom. The summed E-state index contributed by atoms with van der Waals surface area (Å²) in [6.45, 7) is 14.6. The standard InChI is InChI=1S/C16H21Si.Na/c1-10-7-11(2)13(8-10)16(4)9-14-12(3)15(16)17(14,5)6;/h7H,8H2,1-6H3;. The van der Waals surface area contributed by atoms with Gasteiger partial charge in [0.2, 0.25) is 0 Å². The van der Waals surface area contributed by atoms with Gasteiger partial charge in [0.25, 0.3) is 0 Å². The molecule has 90 valence electrons. The van der Waals surface area contributed by atoms with Crippen molar-refractivity contribution in [2.75, 3.05) is 0 Å². The molecule has 2 heteroatoms.